The molecule has 0 aliphatic heterocycles. The summed E-state index contributed by atoms with van der Waals surface area (Å²) in [6, 6.07) is 0. The second kappa shape index (κ2) is 7.08. The molecule has 3 aliphatic carbocycles. The molecule has 104 valence electrons. The van der Waals surface area contributed by atoms with Crippen molar-refractivity contribution in [2.24, 2.45) is 0 Å². The minimum atomic E-state index is -2.53. The fraction of sp³-hybridized carbons (Fsp3) is 0.600. The summed E-state index contributed by atoms with van der Waals surface area (Å²) in [5.41, 5.74) is 0. The van der Waals surface area contributed by atoms with Gasteiger partial charge >= 0.3 is 124 Å². The molecule has 0 bridgehead atoms. The zero-order valence-corrected chi connectivity index (χ0v) is 13.7. The summed E-state index contributed by atoms with van der Waals surface area (Å²) in [6.07, 6.45) is 20.3. The maximum absolute atomic E-state index is 6.12. The van der Waals surface area contributed by atoms with Gasteiger partial charge in [-0.25, -0.2) is 0 Å². The van der Waals surface area contributed by atoms with E-state index in [2.05, 4.69) is 36.5 Å². The molecule has 0 aromatic heterocycles. The fourth-order valence-electron chi connectivity index (χ4n) is 2.48. The molecule has 0 amide bonds. The topological polar surface area (TPSA) is 27.7 Å². The van der Waals surface area contributed by atoms with Gasteiger partial charge in [-0.15, -0.1) is 0 Å². The molecule has 0 spiro atoms. The molecule has 0 heterocycles. The van der Waals surface area contributed by atoms with Crippen molar-refractivity contribution in [2.45, 2.75) is 56.8 Å². The summed E-state index contributed by atoms with van der Waals surface area (Å²) >= 11 is -2.53. The van der Waals surface area contributed by atoms with E-state index < -0.39 is 21.5 Å². The van der Waals surface area contributed by atoms with Crippen LogP contribution in [0.25, 0.3) is 0 Å². The van der Waals surface area contributed by atoms with Crippen LogP contribution in [0.5, 0.6) is 0 Å². The predicted octanol–water partition coefficient (Wildman–Crippen LogP) is 3.18. The summed E-state index contributed by atoms with van der Waals surface area (Å²) in [5.74, 6) is 0. The third-order valence-corrected chi connectivity index (χ3v) is 7.36. The average Bonchev–Trinajstić information content (AvgIpc) is 3.10. The Morgan fingerprint density at radius 2 is 1.00 bits per heavy atom. The van der Waals surface area contributed by atoms with Gasteiger partial charge in [-0.1, -0.05) is 0 Å². The Kier molecular flexibility index (Phi) is 5.17. The molecule has 0 radical (unpaired) electrons. The number of rotatable bonds is 6. The molecule has 3 rings (SSSR count). The number of hydrogen-bond acceptors (Lipinski definition) is 3. The zero-order chi connectivity index (χ0) is 12.9. The van der Waals surface area contributed by atoms with E-state index in [1.807, 2.05) is 0 Å². The zero-order valence-electron chi connectivity index (χ0n) is 11.1. The van der Waals surface area contributed by atoms with Crippen molar-refractivity contribution in [2.75, 3.05) is 0 Å². The SMILES string of the molecule is C1=CC([O][Sb]([O]C2C=CCC2)[O]C2C=CCC2)CC1. The van der Waals surface area contributed by atoms with Gasteiger partial charge in [0.2, 0.25) is 0 Å². The van der Waals surface area contributed by atoms with Gasteiger partial charge in [0.25, 0.3) is 0 Å². The van der Waals surface area contributed by atoms with E-state index in [0.29, 0.717) is 0 Å². The summed E-state index contributed by atoms with van der Waals surface area (Å²) in [6.45, 7) is 0. The van der Waals surface area contributed by atoms with Gasteiger partial charge in [-0.05, 0) is 0 Å². The molecule has 0 saturated carbocycles. The monoisotopic (exact) mass is 370 g/mol. The van der Waals surface area contributed by atoms with E-state index in [1.54, 1.807) is 0 Å². The summed E-state index contributed by atoms with van der Waals surface area (Å²) in [4.78, 5) is 0. The van der Waals surface area contributed by atoms with Crippen molar-refractivity contribution in [3.8, 4) is 0 Å². The molecule has 4 heteroatoms. The van der Waals surface area contributed by atoms with Crippen molar-refractivity contribution in [3.05, 3.63) is 36.5 Å². The second-order valence-corrected chi connectivity index (χ2v) is 8.25. The van der Waals surface area contributed by atoms with E-state index in [1.165, 1.54) is 0 Å². The molecular weight excluding hydrogens is 350 g/mol. The van der Waals surface area contributed by atoms with Crippen LogP contribution in [0.4, 0.5) is 0 Å². The van der Waals surface area contributed by atoms with Gasteiger partial charge in [0.15, 0.2) is 0 Å². The molecule has 0 aromatic rings. The van der Waals surface area contributed by atoms with Crippen LogP contribution in [0.1, 0.15) is 38.5 Å². The first kappa shape index (κ1) is 13.9. The number of hydrogen-bond donors (Lipinski definition) is 0. The molecule has 0 fully saturated rings. The van der Waals surface area contributed by atoms with Gasteiger partial charge in [0, 0.05) is 0 Å². The first-order valence-electron chi connectivity index (χ1n) is 7.20. The van der Waals surface area contributed by atoms with Gasteiger partial charge in [-0.2, -0.15) is 0 Å². The van der Waals surface area contributed by atoms with E-state index >= 15 is 0 Å². The van der Waals surface area contributed by atoms with Gasteiger partial charge in [0.1, 0.15) is 0 Å². The van der Waals surface area contributed by atoms with E-state index in [-0.39, 0.29) is 18.3 Å². The van der Waals surface area contributed by atoms with E-state index in [4.69, 9.17) is 9.05 Å². The fourth-order valence-corrected chi connectivity index (χ4v) is 6.31. The average molecular weight is 371 g/mol. The van der Waals surface area contributed by atoms with Crippen LogP contribution in [-0.4, -0.2) is 39.8 Å². The molecule has 3 unspecified atom stereocenters. The van der Waals surface area contributed by atoms with E-state index in [9.17, 15) is 0 Å². The van der Waals surface area contributed by atoms with Crippen molar-refractivity contribution >= 4 is 21.5 Å². The molecular formula is C15H21O3Sb. The molecule has 3 nitrogen and oxygen atoms in total. The Balaban J connectivity index is 1.54. The summed E-state index contributed by atoms with van der Waals surface area (Å²) in [5, 5.41) is 0. The molecule has 0 N–H and O–H groups in total. The predicted molar refractivity (Wildman–Crippen MR) is 75.5 cm³/mol. The third kappa shape index (κ3) is 4.19. The second-order valence-electron chi connectivity index (χ2n) is 5.17. The van der Waals surface area contributed by atoms with Gasteiger partial charge in [0.05, 0.1) is 0 Å². The van der Waals surface area contributed by atoms with Crippen molar-refractivity contribution in [3.63, 3.8) is 0 Å². The Bertz CT molecular complexity index is 321. The van der Waals surface area contributed by atoms with Crippen molar-refractivity contribution < 1.29 is 9.05 Å². The standard InChI is InChI=1S/3C5H7O.Sb/c3*6-5-3-1-2-4-5;/h3*1,3,5H,2,4H2;/q3*-1;+3. The van der Waals surface area contributed by atoms with Crippen LogP contribution in [0, 0.1) is 0 Å². The molecule has 3 aliphatic rings. The van der Waals surface area contributed by atoms with Crippen molar-refractivity contribution in [1.29, 1.82) is 0 Å². The van der Waals surface area contributed by atoms with Crippen LogP contribution in [0.2, 0.25) is 0 Å². The van der Waals surface area contributed by atoms with Crippen LogP contribution in [0.15, 0.2) is 36.5 Å². The Hall–Kier alpha value is -0.0818. The molecule has 0 aromatic carbocycles. The van der Waals surface area contributed by atoms with Gasteiger partial charge in [-0.3, -0.25) is 0 Å². The van der Waals surface area contributed by atoms with Crippen LogP contribution >= 0.6 is 0 Å². The van der Waals surface area contributed by atoms with Gasteiger partial charge < -0.3 is 0 Å². The quantitative estimate of drug-likeness (QED) is 0.530. The van der Waals surface area contributed by atoms with Crippen LogP contribution in [0.3, 0.4) is 0 Å². The Morgan fingerprint density at radius 1 is 0.632 bits per heavy atom. The summed E-state index contributed by atoms with van der Waals surface area (Å²) < 4.78 is 18.4. The Morgan fingerprint density at radius 3 is 1.26 bits per heavy atom. The minimum absolute atomic E-state index is 0.221. The number of allylic oxidation sites excluding steroid dienone is 3. The molecule has 3 atom stereocenters. The van der Waals surface area contributed by atoms with Crippen LogP contribution in [-0.2, 0) is 9.05 Å². The normalized spacial score (nSPS) is 33.0. The third-order valence-electron chi connectivity index (χ3n) is 3.57. The molecule has 19 heavy (non-hydrogen) atoms. The molecule has 0 saturated heterocycles. The van der Waals surface area contributed by atoms with Crippen LogP contribution < -0.4 is 0 Å². The first-order valence-corrected chi connectivity index (χ1v) is 10.3. The Labute approximate surface area is 123 Å². The van der Waals surface area contributed by atoms with Crippen molar-refractivity contribution in [1.82, 2.24) is 0 Å². The maximum atomic E-state index is 6.12. The summed E-state index contributed by atoms with van der Waals surface area (Å²) in [7, 11) is 0. The first-order chi connectivity index (χ1) is 9.40. The van der Waals surface area contributed by atoms with E-state index in [0.717, 1.165) is 38.5 Å².